The van der Waals surface area contributed by atoms with Gasteiger partial charge in [0.2, 0.25) is 11.8 Å². The average Bonchev–Trinajstić information content (AvgIpc) is 3.20. The van der Waals surface area contributed by atoms with Crippen LogP contribution in [0.25, 0.3) is 10.8 Å². The molecule has 0 bridgehead atoms. The van der Waals surface area contributed by atoms with E-state index in [9.17, 15) is 9.59 Å². The second kappa shape index (κ2) is 10.4. The number of carbonyl (C=O) groups excluding carboxylic acids is 2. The molecule has 1 saturated heterocycles. The maximum Gasteiger partial charge on any atom is 0.237 e. The van der Waals surface area contributed by atoms with E-state index < -0.39 is 0 Å². The van der Waals surface area contributed by atoms with Crippen LogP contribution in [-0.4, -0.2) is 49.6 Å². The van der Waals surface area contributed by atoms with Crippen LogP contribution in [0.15, 0.2) is 42.5 Å². The summed E-state index contributed by atoms with van der Waals surface area (Å²) < 4.78 is 6.02. The molecule has 1 fully saturated rings. The van der Waals surface area contributed by atoms with Gasteiger partial charge in [0, 0.05) is 12.6 Å². The Labute approximate surface area is 177 Å². The molecule has 30 heavy (non-hydrogen) atoms. The summed E-state index contributed by atoms with van der Waals surface area (Å²) in [5.74, 6) is 0.945. The normalized spacial score (nSPS) is 19.6. The predicted octanol–water partition coefficient (Wildman–Crippen LogP) is 1.55. The number of ether oxygens (including phenoxy) is 1. The van der Waals surface area contributed by atoms with Crippen molar-refractivity contribution in [3.05, 3.63) is 42.5 Å². The van der Waals surface area contributed by atoms with Gasteiger partial charge in [0.1, 0.15) is 12.4 Å². The molecule has 5 N–H and O–H groups in total. The quantitative estimate of drug-likeness (QED) is 0.500. The van der Waals surface area contributed by atoms with Gasteiger partial charge in [-0.1, -0.05) is 44.2 Å². The molecule has 3 rings (SSSR count). The summed E-state index contributed by atoms with van der Waals surface area (Å²) in [6.45, 7) is 5.17. The lowest BCUT2D eigenvalue weighted by atomic mass is 10.0. The summed E-state index contributed by atoms with van der Waals surface area (Å²) in [5, 5.41) is 11.4. The second-order valence-electron chi connectivity index (χ2n) is 8.32. The molecule has 0 radical (unpaired) electrons. The molecule has 1 aliphatic rings. The van der Waals surface area contributed by atoms with Crippen molar-refractivity contribution >= 4 is 22.6 Å². The van der Waals surface area contributed by atoms with Crippen LogP contribution in [0.5, 0.6) is 5.75 Å². The van der Waals surface area contributed by atoms with Gasteiger partial charge in [-0.05, 0) is 41.7 Å². The topological polar surface area (TPSA) is 105 Å². The predicted molar refractivity (Wildman–Crippen MR) is 118 cm³/mol. The molecule has 7 nitrogen and oxygen atoms in total. The molecule has 0 aromatic heterocycles. The molecule has 3 atom stereocenters. The van der Waals surface area contributed by atoms with Crippen LogP contribution in [0.4, 0.5) is 0 Å². The molecule has 1 heterocycles. The van der Waals surface area contributed by atoms with Gasteiger partial charge in [-0.3, -0.25) is 9.59 Å². The van der Waals surface area contributed by atoms with Gasteiger partial charge in [-0.2, -0.15) is 0 Å². The third-order valence-electron chi connectivity index (χ3n) is 5.27. The van der Waals surface area contributed by atoms with Crippen molar-refractivity contribution in [2.24, 2.45) is 11.7 Å². The number of nitrogens with two attached hydrogens (primary N) is 1. The monoisotopic (exact) mass is 412 g/mol. The summed E-state index contributed by atoms with van der Waals surface area (Å²) in [5.41, 5.74) is 5.34. The number of hydrogen-bond donors (Lipinski definition) is 4. The van der Waals surface area contributed by atoms with Crippen molar-refractivity contribution in [2.45, 2.75) is 44.8 Å². The van der Waals surface area contributed by atoms with Gasteiger partial charge in [0.15, 0.2) is 0 Å². The first-order valence-corrected chi connectivity index (χ1v) is 10.6. The van der Waals surface area contributed by atoms with Crippen LogP contribution in [0, 0.1) is 5.92 Å². The molecule has 0 spiro atoms. The Hall–Kier alpha value is -2.64. The summed E-state index contributed by atoms with van der Waals surface area (Å²) in [7, 11) is 0. The van der Waals surface area contributed by atoms with Crippen LogP contribution in [0.1, 0.15) is 26.7 Å². The number of hydrogen-bond acceptors (Lipinski definition) is 5. The van der Waals surface area contributed by atoms with E-state index in [0.717, 1.165) is 17.6 Å². The second-order valence-corrected chi connectivity index (χ2v) is 8.32. The van der Waals surface area contributed by atoms with Gasteiger partial charge < -0.3 is 26.4 Å². The van der Waals surface area contributed by atoms with E-state index in [0.29, 0.717) is 25.5 Å². The molecular weight excluding hydrogens is 380 g/mol. The molecule has 1 aliphatic heterocycles. The van der Waals surface area contributed by atoms with Crippen LogP contribution in [0.2, 0.25) is 0 Å². The van der Waals surface area contributed by atoms with Crippen molar-refractivity contribution in [1.29, 1.82) is 0 Å². The zero-order chi connectivity index (χ0) is 21.5. The van der Waals surface area contributed by atoms with Crippen LogP contribution in [-0.2, 0) is 9.59 Å². The number of carbonyl (C=O) groups is 2. The maximum atomic E-state index is 12.8. The average molecular weight is 413 g/mol. The van der Waals surface area contributed by atoms with Crippen molar-refractivity contribution in [3.63, 3.8) is 0 Å². The van der Waals surface area contributed by atoms with Crippen LogP contribution < -0.4 is 26.4 Å². The fourth-order valence-corrected chi connectivity index (χ4v) is 3.83. The Morgan fingerprint density at radius 2 is 1.97 bits per heavy atom. The van der Waals surface area contributed by atoms with Crippen LogP contribution >= 0.6 is 0 Å². The number of amides is 2. The Bertz CT molecular complexity index is 870. The van der Waals surface area contributed by atoms with E-state index >= 15 is 0 Å². The highest BCUT2D eigenvalue weighted by Crippen LogP contribution is 2.21. The Morgan fingerprint density at radius 3 is 2.70 bits per heavy atom. The summed E-state index contributed by atoms with van der Waals surface area (Å²) in [4.78, 5) is 24.2. The molecular formula is C23H32N4O3. The van der Waals surface area contributed by atoms with Gasteiger partial charge in [-0.25, -0.2) is 0 Å². The summed E-state index contributed by atoms with van der Waals surface area (Å²) in [6.07, 6.45) is 1.37. The lowest BCUT2D eigenvalue weighted by Crippen LogP contribution is -2.47. The first-order chi connectivity index (χ1) is 14.4. The van der Waals surface area contributed by atoms with Gasteiger partial charge >= 0.3 is 0 Å². The molecule has 2 aromatic carbocycles. The van der Waals surface area contributed by atoms with Crippen molar-refractivity contribution in [2.75, 3.05) is 19.7 Å². The highest BCUT2D eigenvalue weighted by atomic mass is 16.5. The van der Waals surface area contributed by atoms with Gasteiger partial charge in [-0.15, -0.1) is 0 Å². The van der Waals surface area contributed by atoms with E-state index in [1.165, 1.54) is 5.39 Å². The molecule has 162 valence electrons. The minimum Gasteiger partial charge on any atom is -0.491 e. The minimum atomic E-state index is -0.330. The first kappa shape index (κ1) is 22.1. The fraction of sp³-hybridized carbons (Fsp3) is 0.478. The van der Waals surface area contributed by atoms with Crippen molar-refractivity contribution in [1.82, 2.24) is 16.0 Å². The van der Waals surface area contributed by atoms with E-state index in [1.54, 1.807) is 0 Å². The van der Waals surface area contributed by atoms with E-state index in [2.05, 4.69) is 41.9 Å². The van der Waals surface area contributed by atoms with Crippen molar-refractivity contribution in [3.8, 4) is 5.75 Å². The Balaban J connectivity index is 1.56. The minimum absolute atomic E-state index is 0.0457. The SMILES string of the molecule is CC(C)CC(COc1ccc2ccccc2c1)NC(=O)[C@H]1C[C@H](NC(=O)CN)CN1. The van der Waals surface area contributed by atoms with Crippen molar-refractivity contribution < 1.29 is 14.3 Å². The molecule has 1 unspecified atom stereocenters. The number of fused-ring (bicyclic) bond motifs is 1. The standard InChI is InChI=1S/C23H32N4O3/c1-15(2)9-19(14-30-20-8-7-16-5-3-4-6-17(16)10-20)27-23(29)21-11-18(13-25-21)26-22(28)12-24/h3-8,10,15,18-19,21,25H,9,11-14,24H2,1-2H3,(H,26,28)(H,27,29)/t18-,19?,21+/m0/s1. The lowest BCUT2D eigenvalue weighted by Gasteiger charge is -2.23. The molecule has 2 amide bonds. The molecule has 7 heteroatoms. The summed E-state index contributed by atoms with van der Waals surface area (Å²) in [6, 6.07) is 13.7. The molecule has 0 aliphatic carbocycles. The number of benzene rings is 2. The zero-order valence-electron chi connectivity index (χ0n) is 17.7. The number of nitrogens with one attached hydrogen (secondary N) is 3. The third kappa shape index (κ3) is 6.18. The van der Waals surface area contributed by atoms with E-state index in [1.807, 2.05) is 30.3 Å². The third-order valence-corrected chi connectivity index (χ3v) is 5.27. The fourth-order valence-electron chi connectivity index (χ4n) is 3.83. The Kier molecular flexibility index (Phi) is 7.65. The largest absolute Gasteiger partial charge is 0.491 e. The first-order valence-electron chi connectivity index (χ1n) is 10.6. The molecule has 2 aromatic rings. The van der Waals surface area contributed by atoms with Gasteiger partial charge in [0.05, 0.1) is 18.6 Å². The van der Waals surface area contributed by atoms with E-state index in [-0.39, 0.29) is 36.5 Å². The Morgan fingerprint density at radius 1 is 1.20 bits per heavy atom. The van der Waals surface area contributed by atoms with E-state index in [4.69, 9.17) is 10.5 Å². The smallest absolute Gasteiger partial charge is 0.237 e. The van der Waals surface area contributed by atoms with Crippen LogP contribution in [0.3, 0.4) is 0 Å². The molecule has 0 saturated carbocycles. The zero-order valence-corrected chi connectivity index (χ0v) is 17.7. The summed E-state index contributed by atoms with van der Waals surface area (Å²) >= 11 is 0. The highest BCUT2D eigenvalue weighted by Gasteiger charge is 2.31. The lowest BCUT2D eigenvalue weighted by molar-refractivity contribution is -0.124. The number of rotatable bonds is 9. The highest BCUT2D eigenvalue weighted by molar-refractivity contribution is 5.84. The maximum absolute atomic E-state index is 12.8. The van der Waals surface area contributed by atoms with Gasteiger partial charge in [0.25, 0.3) is 0 Å².